The standard InChI is InChI=1S/C20H14Br2INO4/c1-2-3-17(25)27-18-14(21)8-11(9-15(18)22)10-16-20(26)28-19(24-16)12-4-6-13(23)7-5-12/h4-10H,2-3H2,1H3/b16-10-. The Morgan fingerprint density at radius 1 is 1.21 bits per heavy atom. The molecule has 1 aliphatic heterocycles. The summed E-state index contributed by atoms with van der Waals surface area (Å²) in [6.07, 6.45) is 2.67. The Morgan fingerprint density at radius 2 is 1.86 bits per heavy atom. The lowest BCUT2D eigenvalue weighted by atomic mass is 10.2. The van der Waals surface area contributed by atoms with Gasteiger partial charge in [-0.05, 0) is 109 Å². The smallest absolute Gasteiger partial charge is 0.363 e. The largest absolute Gasteiger partial charge is 0.424 e. The summed E-state index contributed by atoms with van der Waals surface area (Å²) < 4.78 is 12.9. The second-order valence-corrected chi connectivity index (χ2v) is 8.83. The van der Waals surface area contributed by atoms with Gasteiger partial charge < -0.3 is 9.47 Å². The predicted molar refractivity (Wildman–Crippen MR) is 122 cm³/mol. The second kappa shape index (κ2) is 9.32. The highest BCUT2D eigenvalue weighted by Gasteiger charge is 2.24. The molecule has 0 spiro atoms. The lowest BCUT2D eigenvalue weighted by molar-refractivity contribution is -0.134. The van der Waals surface area contributed by atoms with Gasteiger partial charge in [0.05, 0.1) is 8.95 Å². The van der Waals surface area contributed by atoms with Crippen LogP contribution in [0, 0.1) is 3.57 Å². The van der Waals surface area contributed by atoms with Gasteiger partial charge in [-0.25, -0.2) is 9.79 Å². The van der Waals surface area contributed by atoms with Crippen LogP contribution in [0.3, 0.4) is 0 Å². The summed E-state index contributed by atoms with van der Waals surface area (Å²) in [5, 5.41) is 0. The molecule has 0 amide bonds. The zero-order valence-electron chi connectivity index (χ0n) is 14.7. The van der Waals surface area contributed by atoms with Gasteiger partial charge in [0.2, 0.25) is 5.90 Å². The Balaban J connectivity index is 1.87. The molecule has 8 heteroatoms. The van der Waals surface area contributed by atoms with Crippen molar-refractivity contribution in [3.05, 3.63) is 65.7 Å². The number of aliphatic imine (C=N–C) groups is 1. The van der Waals surface area contributed by atoms with Gasteiger partial charge in [-0.3, -0.25) is 4.79 Å². The van der Waals surface area contributed by atoms with E-state index in [0.29, 0.717) is 33.1 Å². The summed E-state index contributed by atoms with van der Waals surface area (Å²) >= 11 is 9.02. The molecule has 0 unspecified atom stereocenters. The highest BCUT2D eigenvalue weighted by Crippen LogP contribution is 2.36. The van der Waals surface area contributed by atoms with Crippen molar-refractivity contribution < 1.29 is 19.1 Å². The quantitative estimate of drug-likeness (QED) is 0.182. The lowest BCUT2D eigenvalue weighted by Gasteiger charge is -2.09. The summed E-state index contributed by atoms with van der Waals surface area (Å²) in [5.41, 5.74) is 1.63. The third-order valence-electron chi connectivity index (χ3n) is 3.71. The predicted octanol–water partition coefficient (Wildman–Crippen LogP) is 5.87. The van der Waals surface area contributed by atoms with Crippen LogP contribution in [-0.4, -0.2) is 17.8 Å². The van der Waals surface area contributed by atoms with E-state index < -0.39 is 5.97 Å². The van der Waals surface area contributed by atoms with Crippen molar-refractivity contribution in [3.63, 3.8) is 0 Å². The minimum atomic E-state index is -0.515. The molecular formula is C20H14Br2INO4. The van der Waals surface area contributed by atoms with Crippen molar-refractivity contribution in [2.45, 2.75) is 19.8 Å². The Hall–Kier alpha value is -1.52. The first-order chi connectivity index (χ1) is 13.4. The summed E-state index contributed by atoms with van der Waals surface area (Å²) in [5.74, 6) is -0.144. The van der Waals surface area contributed by atoms with Gasteiger partial charge >= 0.3 is 11.9 Å². The molecule has 1 heterocycles. The van der Waals surface area contributed by atoms with E-state index in [2.05, 4.69) is 59.4 Å². The molecule has 0 aromatic heterocycles. The van der Waals surface area contributed by atoms with Crippen molar-refractivity contribution in [2.24, 2.45) is 4.99 Å². The normalized spacial score (nSPS) is 14.8. The van der Waals surface area contributed by atoms with Gasteiger partial charge in [0.25, 0.3) is 0 Å². The number of ether oxygens (including phenoxy) is 2. The van der Waals surface area contributed by atoms with Crippen LogP contribution in [0.2, 0.25) is 0 Å². The molecule has 1 aliphatic rings. The molecule has 0 fully saturated rings. The Kier molecular flexibility index (Phi) is 7.05. The third kappa shape index (κ3) is 5.09. The molecule has 0 aliphatic carbocycles. The number of carbonyl (C=O) groups excluding carboxylic acids is 2. The molecule has 0 N–H and O–H groups in total. The zero-order chi connectivity index (χ0) is 20.3. The van der Waals surface area contributed by atoms with Crippen molar-refractivity contribution in [2.75, 3.05) is 0 Å². The maximum atomic E-state index is 12.2. The van der Waals surface area contributed by atoms with E-state index in [1.807, 2.05) is 31.2 Å². The number of rotatable bonds is 5. The van der Waals surface area contributed by atoms with E-state index in [-0.39, 0.29) is 17.6 Å². The highest BCUT2D eigenvalue weighted by molar-refractivity contribution is 14.1. The summed E-state index contributed by atoms with van der Waals surface area (Å²) in [4.78, 5) is 28.3. The molecule has 0 saturated carbocycles. The molecule has 2 aromatic rings. The minimum absolute atomic E-state index is 0.197. The van der Waals surface area contributed by atoms with Crippen molar-refractivity contribution >= 4 is 78.4 Å². The Bertz CT molecular complexity index is 977. The van der Waals surface area contributed by atoms with Gasteiger partial charge in [0.15, 0.2) is 11.4 Å². The molecule has 3 rings (SSSR count). The average molecular weight is 619 g/mol. The monoisotopic (exact) mass is 617 g/mol. The van der Waals surface area contributed by atoms with E-state index in [4.69, 9.17) is 9.47 Å². The van der Waals surface area contributed by atoms with Crippen molar-refractivity contribution in [1.29, 1.82) is 0 Å². The van der Waals surface area contributed by atoms with Gasteiger partial charge in [0, 0.05) is 15.6 Å². The molecule has 0 bridgehead atoms. The van der Waals surface area contributed by atoms with Crippen LogP contribution in [0.5, 0.6) is 5.75 Å². The fourth-order valence-corrected chi connectivity index (χ4v) is 4.16. The summed E-state index contributed by atoms with van der Waals surface area (Å²) in [7, 11) is 0. The second-order valence-electron chi connectivity index (χ2n) is 5.88. The number of halogens is 3. The van der Waals surface area contributed by atoms with E-state index >= 15 is 0 Å². The number of cyclic esters (lactones) is 1. The zero-order valence-corrected chi connectivity index (χ0v) is 20.0. The van der Waals surface area contributed by atoms with Crippen LogP contribution in [0.4, 0.5) is 0 Å². The van der Waals surface area contributed by atoms with Gasteiger partial charge in [-0.15, -0.1) is 0 Å². The van der Waals surface area contributed by atoms with Crippen LogP contribution in [-0.2, 0) is 14.3 Å². The van der Waals surface area contributed by atoms with Crippen LogP contribution in [0.25, 0.3) is 6.08 Å². The average Bonchev–Trinajstić information content (AvgIpc) is 2.99. The molecule has 2 aromatic carbocycles. The fourth-order valence-electron chi connectivity index (χ4n) is 2.41. The first-order valence-corrected chi connectivity index (χ1v) is 11.0. The first-order valence-electron chi connectivity index (χ1n) is 8.35. The van der Waals surface area contributed by atoms with Crippen molar-refractivity contribution in [3.8, 4) is 5.75 Å². The molecule has 28 heavy (non-hydrogen) atoms. The molecular weight excluding hydrogens is 605 g/mol. The first kappa shape index (κ1) is 21.2. The highest BCUT2D eigenvalue weighted by atomic mass is 127. The number of hydrogen-bond acceptors (Lipinski definition) is 5. The molecule has 0 saturated heterocycles. The molecule has 144 valence electrons. The number of benzene rings is 2. The van der Waals surface area contributed by atoms with Crippen LogP contribution < -0.4 is 4.74 Å². The van der Waals surface area contributed by atoms with Gasteiger partial charge in [-0.2, -0.15) is 0 Å². The lowest BCUT2D eigenvalue weighted by Crippen LogP contribution is -2.08. The van der Waals surface area contributed by atoms with E-state index in [0.717, 1.165) is 9.13 Å². The summed E-state index contributed by atoms with van der Waals surface area (Å²) in [6, 6.07) is 11.0. The number of carbonyl (C=O) groups is 2. The molecule has 5 nitrogen and oxygen atoms in total. The Labute approximate surface area is 192 Å². The number of hydrogen-bond donors (Lipinski definition) is 0. The van der Waals surface area contributed by atoms with Crippen LogP contribution in [0.15, 0.2) is 56.0 Å². The van der Waals surface area contributed by atoms with E-state index in [9.17, 15) is 9.59 Å². The maximum absolute atomic E-state index is 12.2. The van der Waals surface area contributed by atoms with Gasteiger partial charge in [0.1, 0.15) is 0 Å². The minimum Gasteiger partial charge on any atom is -0.424 e. The van der Waals surface area contributed by atoms with E-state index in [1.165, 1.54) is 0 Å². The Morgan fingerprint density at radius 3 is 2.46 bits per heavy atom. The fraction of sp³-hybridized carbons (Fsp3) is 0.150. The maximum Gasteiger partial charge on any atom is 0.363 e. The van der Waals surface area contributed by atoms with Crippen molar-refractivity contribution in [1.82, 2.24) is 0 Å². The molecule has 0 radical (unpaired) electrons. The topological polar surface area (TPSA) is 65.0 Å². The van der Waals surface area contributed by atoms with Gasteiger partial charge in [-0.1, -0.05) is 6.92 Å². The number of esters is 2. The summed E-state index contributed by atoms with van der Waals surface area (Å²) in [6.45, 7) is 1.91. The number of nitrogens with zero attached hydrogens (tertiary/aromatic N) is 1. The van der Waals surface area contributed by atoms with Crippen LogP contribution in [0.1, 0.15) is 30.9 Å². The molecule has 0 atom stereocenters. The van der Waals surface area contributed by atoms with Crippen LogP contribution >= 0.6 is 54.5 Å². The third-order valence-corrected chi connectivity index (χ3v) is 5.60. The SMILES string of the molecule is CCCC(=O)Oc1c(Br)cc(/C=C2\N=C(c3ccc(I)cc3)OC2=O)cc1Br. The van der Waals surface area contributed by atoms with E-state index in [1.54, 1.807) is 18.2 Å².